The predicted molar refractivity (Wildman–Crippen MR) is 67.2 cm³/mol. The van der Waals surface area contributed by atoms with E-state index in [-0.39, 0.29) is 0 Å². The number of anilines is 1. The van der Waals surface area contributed by atoms with E-state index in [1.165, 1.54) is 12.8 Å². The van der Waals surface area contributed by atoms with Crippen molar-refractivity contribution in [3.63, 3.8) is 0 Å². The standard InChI is InChI=1S/C12H20N4O/c1-3-17-12-8-14-7-11(15-12)16(2)10(6-13)9-4-5-9/h7-10H,3-6,13H2,1-2H3. The maximum atomic E-state index is 5.83. The van der Waals surface area contributed by atoms with Crippen LogP contribution >= 0.6 is 0 Å². The average Bonchev–Trinajstić information content (AvgIpc) is 3.15. The monoisotopic (exact) mass is 236 g/mol. The van der Waals surface area contributed by atoms with Crippen molar-refractivity contribution in [1.82, 2.24) is 9.97 Å². The van der Waals surface area contributed by atoms with E-state index in [9.17, 15) is 0 Å². The first-order chi connectivity index (χ1) is 8.26. The maximum Gasteiger partial charge on any atom is 0.234 e. The topological polar surface area (TPSA) is 64.3 Å². The van der Waals surface area contributed by atoms with E-state index in [2.05, 4.69) is 14.9 Å². The van der Waals surface area contributed by atoms with Gasteiger partial charge in [-0.2, -0.15) is 4.98 Å². The summed E-state index contributed by atoms with van der Waals surface area (Å²) in [7, 11) is 2.02. The van der Waals surface area contributed by atoms with Crippen LogP contribution in [0.5, 0.6) is 5.88 Å². The molecule has 1 aliphatic rings. The van der Waals surface area contributed by atoms with E-state index >= 15 is 0 Å². The van der Waals surface area contributed by atoms with Gasteiger partial charge in [0.1, 0.15) is 0 Å². The van der Waals surface area contributed by atoms with Gasteiger partial charge in [0.2, 0.25) is 5.88 Å². The SMILES string of the molecule is CCOc1cncc(N(C)C(CN)C2CC2)n1. The van der Waals surface area contributed by atoms with Crippen molar-refractivity contribution < 1.29 is 4.74 Å². The zero-order valence-corrected chi connectivity index (χ0v) is 10.5. The summed E-state index contributed by atoms with van der Waals surface area (Å²) in [5.74, 6) is 2.12. The summed E-state index contributed by atoms with van der Waals surface area (Å²) >= 11 is 0. The molecular weight excluding hydrogens is 216 g/mol. The van der Waals surface area contributed by atoms with Gasteiger partial charge in [0.05, 0.1) is 19.0 Å². The van der Waals surface area contributed by atoms with Crippen molar-refractivity contribution in [2.45, 2.75) is 25.8 Å². The van der Waals surface area contributed by atoms with E-state index in [1.54, 1.807) is 12.4 Å². The van der Waals surface area contributed by atoms with Gasteiger partial charge in [0, 0.05) is 19.6 Å². The summed E-state index contributed by atoms with van der Waals surface area (Å²) in [6.45, 7) is 3.19. The third-order valence-corrected chi connectivity index (χ3v) is 3.16. The second-order valence-electron chi connectivity index (χ2n) is 4.40. The molecule has 1 aliphatic carbocycles. The minimum Gasteiger partial charge on any atom is -0.477 e. The number of hydrogen-bond donors (Lipinski definition) is 1. The molecule has 0 spiro atoms. The van der Waals surface area contributed by atoms with Crippen LogP contribution in [0.1, 0.15) is 19.8 Å². The Morgan fingerprint density at radius 1 is 1.53 bits per heavy atom. The van der Waals surface area contributed by atoms with Crippen molar-refractivity contribution in [3.05, 3.63) is 12.4 Å². The molecule has 0 amide bonds. The Balaban J connectivity index is 2.11. The highest BCUT2D eigenvalue weighted by Gasteiger charge is 2.33. The summed E-state index contributed by atoms with van der Waals surface area (Å²) in [6.07, 6.45) is 5.93. The fraction of sp³-hybridized carbons (Fsp3) is 0.667. The molecule has 0 aromatic carbocycles. The Morgan fingerprint density at radius 3 is 2.88 bits per heavy atom. The molecular formula is C12H20N4O. The zero-order chi connectivity index (χ0) is 12.3. The molecule has 5 nitrogen and oxygen atoms in total. The van der Waals surface area contributed by atoms with E-state index in [1.807, 2.05) is 14.0 Å². The number of hydrogen-bond acceptors (Lipinski definition) is 5. The van der Waals surface area contributed by atoms with Crippen LogP contribution in [0.25, 0.3) is 0 Å². The van der Waals surface area contributed by atoms with Crippen molar-refractivity contribution in [3.8, 4) is 5.88 Å². The molecule has 0 bridgehead atoms. The first kappa shape index (κ1) is 12.1. The van der Waals surface area contributed by atoms with Gasteiger partial charge < -0.3 is 15.4 Å². The van der Waals surface area contributed by atoms with Gasteiger partial charge in [-0.1, -0.05) is 0 Å². The Morgan fingerprint density at radius 2 is 2.29 bits per heavy atom. The van der Waals surface area contributed by atoms with Crippen molar-refractivity contribution >= 4 is 5.82 Å². The van der Waals surface area contributed by atoms with Crippen LogP contribution in [-0.4, -0.2) is 36.2 Å². The van der Waals surface area contributed by atoms with Crippen molar-refractivity contribution in [2.24, 2.45) is 11.7 Å². The molecule has 2 N–H and O–H groups in total. The number of ether oxygens (including phenoxy) is 1. The number of nitrogens with zero attached hydrogens (tertiary/aromatic N) is 3. The highest BCUT2D eigenvalue weighted by Crippen LogP contribution is 2.35. The lowest BCUT2D eigenvalue weighted by Gasteiger charge is -2.27. The fourth-order valence-electron chi connectivity index (χ4n) is 2.04. The van der Waals surface area contributed by atoms with Crippen LogP contribution < -0.4 is 15.4 Å². The average molecular weight is 236 g/mol. The number of likely N-dealkylation sites (N-methyl/N-ethyl adjacent to an activating group) is 1. The molecule has 1 aromatic heterocycles. The molecule has 94 valence electrons. The highest BCUT2D eigenvalue weighted by molar-refractivity contribution is 5.38. The molecule has 0 radical (unpaired) electrons. The van der Waals surface area contributed by atoms with Gasteiger partial charge >= 0.3 is 0 Å². The van der Waals surface area contributed by atoms with Crippen LogP contribution in [-0.2, 0) is 0 Å². The summed E-state index contributed by atoms with van der Waals surface area (Å²) in [5, 5.41) is 0. The predicted octanol–water partition coefficient (Wildman–Crippen LogP) is 1.05. The first-order valence-corrected chi connectivity index (χ1v) is 6.14. The lowest BCUT2D eigenvalue weighted by atomic mass is 10.1. The van der Waals surface area contributed by atoms with Crippen LogP contribution in [0.3, 0.4) is 0 Å². The maximum absolute atomic E-state index is 5.83. The molecule has 1 aromatic rings. The van der Waals surface area contributed by atoms with E-state index in [0.29, 0.717) is 31.0 Å². The van der Waals surface area contributed by atoms with Gasteiger partial charge in [-0.15, -0.1) is 0 Å². The smallest absolute Gasteiger partial charge is 0.234 e. The normalized spacial score (nSPS) is 16.6. The fourth-order valence-corrected chi connectivity index (χ4v) is 2.04. The van der Waals surface area contributed by atoms with Gasteiger partial charge in [0.25, 0.3) is 0 Å². The Hall–Kier alpha value is -1.36. The number of rotatable bonds is 6. The van der Waals surface area contributed by atoms with Crippen LogP contribution in [0, 0.1) is 5.92 Å². The van der Waals surface area contributed by atoms with E-state index < -0.39 is 0 Å². The molecule has 2 rings (SSSR count). The lowest BCUT2D eigenvalue weighted by molar-refractivity contribution is 0.325. The van der Waals surface area contributed by atoms with Crippen molar-refractivity contribution in [1.29, 1.82) is 0 Å². The summed E-state index contributed by atoms with van der Waals surface area (Å²) < 4.78 is 5.35. The van der Waals surface area contributed by atoms with E-state index in [4.69, 9.17) is 10.5 Å². The van der Waals surface area contributed by atoms with Gasteiger partial charge in [0.15, 0.2) is 5.82 Å². The third-order valence-electron chi connectivity index (χ3n) is 3.16. The van der Waals surface area contributed by atoms with Crippen LogP contribution in [0.4, 0.5) is 5.82 Å². The molecule has 0 saturated heterocycles. The molecule has 17 heavy (non-hydrogen) atoms. The Kier molecular flexibility index (Phi) is 3.78. The highest BCUT2D eigenvalue weighted by atomic mass is 16.5. The van der Waals surface area contributed by atoms with Crippen LogP contribution in [0.2, 0.25) is 0 Å². The molecule has 0 aliphatic heterocycles. The summed E-state index contributed by atoms with van der Waals surface area (Å²) in [5.41, 5.74) is 5.83. The van der Waals surface area contributed by atoms with Crippen molar-refractivity contribution in [2.75, 3.05) is 25.1 Å². The molecule has 1 atom stereocenters. The lowest BCUT2D eigenvalue weighted by Crippen LogP contribution is -2.40. The molecule has 1 saturated carbocycles. The quantitative estimate of drug-likeness (QED) is 0.799. The van der Waals surface area contributed by atoms with Gasteiger partial charge in [-0.05, 0) is 25.7 Å². The Labute approximate surface area is 102 Å². The minimum atomic E-state index is 0.362. The summed E-state index contributed by atoms with van der Waals surface area (Å²) in [6, 6.07) is 0.362. The largest absolute Gasteiger partial charge is 0.477 e. The molecule has 5 heteroatoms. The Bertz CT molecular complexity index is 367. The second-order valence-corrected chi connectivity index (χ2v) is 4.40. The number of nitrogens with two attached hydrogens (primary N) is 1. The van der Waals surface area contributed by atoms with E-state index in [0.717, 1.165) is 5.82 Å². The minimum absolute atomic E-state index is 0.362. The second kappa shape index (κ2) is 5.31. The summed E-state index contributed by atoms with van der Waals surface area (Å²) in [4.78, 5) is 10.7. The first-order valence-electron chi connectivity index (χ1n) is 6.14. The molecule has 1 heterocycles. The number of aromatic nitrogens is 2. The third kappa shape index (κ3) is 2.85. The van der Waals surface area contributed by atoms with Gasteiger partial charge in [-0.25, -0.2) is 0 Å². The zero-order valence-electron chi connectivity index (χ0n) is 10.5. The van der Waals surface area contributed by atoms with Crippen LogP contribution in [0.15, 0.2) is 12.4 Å². The van der Waals surface area contributed by atoms with Gasteiger partial charge in [-0.3, -0.25) is 4.98 Å². The molecule has 1 fully saturated rings. The molecule has 1 unspecified atom stereocenters.